The number of rotatable bonds is 3. The maximum Gasteiger partial charge on any atom is 0.493 e. The minimum Gasteiger partial charge on any atom is -0.373 e. The van der Waals surface area contributed by atoms with E-state index in [-0.39, 0.29) is 33.3 Å². The van der Waals surface area contributed by atoms with Gasteiger partial charge < -0.3 is 14.5 Å². The molecule has 1 unspecified atom stereocenters. The molecule has 0 N–H and O–H groups in total. The van der Waals surface area contributed by atoms with Crippen molar-refractivity contribution in [3.05, 3.63) is 17.4 Å². The van der Waals surface area contributed by atoms with Crippen molar-refractivity contribution >= 4 is 34.3 Å². The molecular weight excluding hydrogens is 391 g/mol. The van der Waals surface area contributed by atoms with Crippen molar-refractivity contribution in [2.45, 2.75) is 18.2 Å². The van der Waals surface area contributed by atoms with Crippen LogP contribution in [-0.4, -0.2) is 59.3 Å². The lowest BCUT2D eigenvalue weighted by Crippen LogP contribution is -2.34. The van der Waals surface area contributed by atoms with Crippen molar-refractivity contribution in [2.24, 2.45) is 0 Å². The number of pyridine rings is 1. The number of hydrogen-bond donors (Lipinski definition) is 0. The number of fused-ring (bicyclic) bond motifs is 1. The zero-order valence-corrected chi connectivity index (χ0v) is 13.7. The number of carbonyl (C=O) groups is 1. The second-order valence-electron chi connectivity index (χ2n) is 5.46. The Labute approximate surface area is 147 Å². The Kier molecular flexibility index (Phi) is 4.43. The number of hydrogen-bond acceptors (Lipinski definition) is 6. The average Bonchev–Trinajstić information content (AvgIpc) is 3.03. The second-order valence-corrected chi connectivity index (χ2v) is 5.85. The fourth-order valence-electron chi connectivity index (χ4n) is 2.54. The molecule has 7 nitrogen and oxygen atoms in total. The van der Waals surface area contributed by atoms with Crippen LogP contribution in [0.1, 0.15) is 0 Å². The Hall–Kier alpha value is -2.21. The normalized spacial score (nSPS) is 20.0. The van der Waals surface area contributed by atoms with Gasteiger partial charge in [0, 0.05) is 19.4 Å². The number of aromatic nitrogens is 3. The molecule has 13 heteroatoms. The fraction of sp³-hybridized carbons (Fsp3) is 0.462. The molecule has 1 aliphatic heterocycles. The summed E-state index contributed by atoms with van der Waals surface area (Å²) in [6, 6.07) is 1.10. The van der Waals surface area contributed by atoms with Gasteiger partial charge in [0.25, 0.3) is 5.92 Å². The largest absolute Gasteiger partial charge is 0.493 e. The van der Waals surface area contributed by atoms with Gasteiger partial charge in [0.15, 0.2) is 5.82 Å². The van der Waals surface area contributed by atoms with Gasteiger partial charge in [-0.05, 0) is 0 Å². The summed E-state index contributed by atoms with van der Waals surface area (Å²) in [4.78, 5) is 20.4. The highest BCUT2D eigenvalue weighted by Gasteiger charge is 2.50. The molecule has 2 aromatic heterocycles. The van der Waals surface area contributed by atoms with Crippen LogP contribution in [0.4, 0.5) is 27.8 Å². The Morgan fingerprint density at radius 1 is 1.42 bits per heavy atom. The Bertz CT molecular complexity index is 856. The molecule has 1 atom stereocenters. The maximum absolute atomic E-state index is 13.9. The number of halogens is 6. The monoisotopic (exact) mass is 400 g/mol. The SMILES string of the molecule is COC1CN(c2nn(OC(=O)C(F)(F)F)c3cc(Cl)ncc23)CC1(F)F. The first-order chi connectivity index (χ1) is 12.0. The highest BCUT2D eigenvalue weighted by Crippen LogP contribution is 2.35. The molecule has 3 rings (SSSR count). The van der Waals surface area contributed by atoms with E-state index in [1.54, 1.807) is 0 Å². The Morgan fingerprint density at radius 2 is 2.12 bits per heavy atom. The van der Waals surface area contributed by atoms with E-state index in [4.69, 9.17) is 16.3 Å². The van der Waals surface area contributed by atoms with Crippen molar-refractivity contribution in [3.8, 4) is 0 Å². The lowest BCUT2D eigenvalue weighted by Gasteiger charge is -2.14. The molecule has 0 radical (unpaired) electrons. The molecule has 1 fully saturated rings. The van der Waals surface area contributed by atoms with Gasteiger partial charge in [0.1, 0.15) is 16.8 Å². The van der Waals surface area contributed by atoms with Crippen LogP contribution < -0.4 is 9.74 Å². The molecule has 0 bridgehead atoms. The number of methoxy groups -OCH3 is 1. The van der Waals surface area contributed by atoms with Crippen LogP contribution in [-0.2, 0) is 9.53 Å². The lowest BCUT2D eigenvalue weighted by atomic mass is 10.2. The van der Waals surface area contributed by atoms with Crippen LogP contribution in [0.15, 0.2) is 12.3 Å². The van der Waals surface area contributed by atoms with Gasteiger partial charge in [-0.1, -0.05) is 16.4 Å². The number of nitrogens with zero attached hydrogens (tertiary/aromatic N) is 4. The van der Waals surface area contributed by atoms with Gasteiger partial charge in [0.2, 0.25) is 0 Å². The molecule has 26 heavy (non-hydrogen) atoms. The molecule has 0 spiro atoms. The van der Waals surface area contributed by atoms with Crippen LogP contribution in [0, 0.1) is 0 Å². The van der Waals surface area contributed by atoms with Gasteiger partial charge in [-0.3, -0.25) is 0 Å². The number of carbonyl (C=O) groups excluding carboxylic acids is 1. The van der Waals surface area contributed by atoms with E-state index in [0.29, 0.717) is 0 Å². The van der Waals surface area contributed by atoms with E-state index in [1.807, 2.05) is 0 Å². The molecule has 0 aromatic carbocycles. The van der Waals surface area contributed by atoms with Crippen LogP contribution in [0.2, 0.25) is 5.15 Å². The van der Waals surface area contributed by atoms with E-state index in [9.17, 15) is 26.7 Å². The molecule has 0 saturated carbocycles. The van der Waals surface area contributed by atoms with Crippen molar-refractivity contribution < 1.29 is 36.3 Å². The van der Waals surface area contributed by atoms with Gasteiger partial charge >= 0.3 is 12.1 Å². The smallest absolute Gasteiger partial charge is 0.373 e. The number of alkyl halides is 5. The molecule has 142 valence electrons. The zero-order chi connectivity index (χ0) is 19.3. The van der Waals surface area contributed by atoms with Crippen LogP contribution in [0.3, 0.4) is 0 Å². The number of ether oxygens (including phenoxy) is 1. The van der Waals surface area contributed by atoms with E-state index in [1.165, 1.54) is 0 Å². The van der Waals surface area contributed by atoms with Crippen molar-refractivity contribution in [1.82, 2.24) is 14.9 Å². The first-order valence-corrected chi connectivity index (χ1v) is 7.40. The first kappa shape index (κ1) is 18.6. The number of anilines is 1. The highest BCUT2D eigenvalue weighted by molar-refractivity contribution is 6.30. The summed E-state index contributed by atoms with van der Waals surface area (Å²) in [5.41, 5.74) is -0.137. The van der Waals surface area contributed by atoms with Crippen LogP contribution in [0.25, 0.3) is 10.9 Å². The van der Waals surface area contributed by atoms with Gasteiger partial charge in [-0.25, -0.2) is 18.6 Å². The van der Waals surface area contributed by atoms with Gasteiger partial charge in [-0.2, -0.15) is 13.2 Å². The van der Waals surface area contributed by atoms with Gasteiger partial charge in [-0.15, -0.1) is 5.10 Å². The molecule has 1 saturated heterocycles. The first-order valence-electron chi connectivity index (χ1n) is 7.02. The zero-order valence-electron chi connectivity index (χ0n) is 12.9. The summed E-state index contributed by atoms with van der Waals surface area (Å²) < 4.78 is 69.9. The predicted molar refractivity (Wildman–Crippen MR) is 78.1 cm³/mol. The average molecular weight is 401 g/mol. The van der Waals surface area contributed by atoms with E-state index < -0.39 is 30.7 Å². The minimum atomic E-state index is -5.27. The van der Waals surface area contributed by atoms with E-state index >= 15 is 0 Å². The van der Waals surface area contributed by atoms with E-state index in [2.05, 4.69) is 14.9 Å². The third-order valence-corrected chi connectivity index (χ3v) is 3.93. The molecular formula is C13H10ClF5N4O3. The summed E-state index contributed by atoms with van der Waals surface area (Å²) >= 11 is 5.71. The molecule has 2 aromatic rings. The summed E-state index contributed by atoms with van der Waals surface area (Å²) in [6.45, 7) is -1.06. The van der Waals surface area contributed by atoms with Crippen LogP contribution in [0.5, 0.6) is 0 Å². The molecule has 0 aliphatic carbocycles. The standard InChI is InChI=1S/C13H10ClF5N4O3/c1-25-8-4-22(5-12(8,15)16)10-6-3-20-9(14)2-7(6)23(21-10)26-11(24)13(17,18)19/h2-3,8H,4-5H2,1H3. The van der Waals surface area contributed by atoms with Crippen molar-refractivity contribution in [3.63, 3.8) is 0 Å². The van der Waals surface area contributed by atoms with Crippen LogP contribution >= 0.6 is 11.6 Å². The van der Waals surface area contributed by atoms with Crippen molar-refractivity contribution in [2.75, 3.05) is 25.1 Å². The molecule has 3 heterocycles. The lowest BCUT2D eigenvalue weighted by molar-refractivity contribution is -0.200. The fourth-order valence-corrected chi connectivity index (χ4v) is 2.69. The van der Waals surface area contributed by atoms with E-state index in [0.717, 1.165) is 24.3 Å². The summed E-state index contributed by atoms with van der Waals surface area (Å²) in [5.74, 6) is -5.87. The molecule has 0 amide bonds. The third kappa shape index (κ3) is 3.26. The third-order valence-electron chi connectivity index (χ3n) is 3.73. The highest BCUT2D eigenvalue weighted by atomic mass is 35.5. The Morgan fingerprint density at radius 3 is 2.69 bits per heavy atom. The topological polar surface area (TPSA) is 69.5 Å². The Balaban J connectivity index is 2.03. The predicted octanol–water partition coefficient (Wildman–Crippen LogP) is 2.07. The quantitative estimate of drug-likeness (QED) is 0.580. The summed E-state index contributed by atoms with van der Waals surface area (Å²) in [6.07, 6.45) is -5.56. The second kappa shape index (κ2) is 6.20. The summed E-state index contributed by atoms with van der Waals surface area (Å²) in [5, 5.41) is 3.68. The maximum atomic E-state index is 13.9. The summed E-state index contributed by atoms with van der Waals surface area (Å²) in [7, 11) is 1.12. The molecule has 1 aliphatic rings. The minimum absolute atomic E-state index is 0.0805. The van der Waals surface area contributed by atoms with Gasteiger partial charge in [0.05, 0.1) is 18.5 Å². The van der Waals surface area contributed by atoms with Crippen molar-refractivity contribution in [1.29, 1.82) is 0 Å².